The largest absolute Gasteiger partial charge is 0.497 e. The molecule has 2 aromatic carbocycles. The van der Waals surface area contributed by atoms with E-state index in [1.54, 1.807) is 7.11 Å². The van der Waals surface area contributed by atoms with E-state index in [-0.39, 0.29) is 12.1 Å². The Morgan fingerprint density at radius 2 is 2.00 bits per heavy atom. The van der Waals surface area contributed by atoms with Crippen LogP contribution in [-0.4, -0.2) is 37.1 Å². The summed E-state index contributed by atoms with van der Waals surface area (Å²) in [6, 6.07) is 17.6. The summed E-state index contributed by atoms with van der Waals surface area (Å²) in [6.07, 6.45) is 1.57. The summed E-state index contributed by atoms with van der Waals surface area (Å²) < 4.78 is 11.6. The molecule has 5 heteroatoms. The summed E-state index contributed by atoms with van der Waals surface area (Å²) in [5.74, 6) is 1.53. The van der Waals surface area contributed by atoms with Gasteiger partial charge >= 0.3 is 0 Å². The van der Waals surface area contributed by atoms with Gasteiger partial charge in [0.25, 0.3) is 0 Å². The van der Waals surface area contributed by atoms with Crippen LogP contribution in [0.2, 0.25) is 0 Å². The molecule has 0 spiro atoms. The summed E-state index contributed by atoms with van der Waals surface area (Å²) in [5, 5.41) is 4.09. The van der Waals surface area contributed by atoms with Crippen molar-refractivity contribution in [1.29, 1.82) is 0 Å². The van der Waals surface area contributed by atoms with E-state index >= 15 is 0 Å². The third kappa shape index (κ3) is 3.26. The molecule has 2 atom stereocenters. The van der Waals surface area contributed by atoms with Gasteiger partial charge in [-0.25, -0.2) is 4.98 Å². The molecule has 0 radical (unpaired) electrons. The van der Waals surface area contributed by atoms with Crippen molar-refractivity contribution in [3.05, 3.63) is 54.6 Å². The number of hydrogen-bond donors (Lipinski definition) is 1. The highest BCUT2D eigenvalue weighted by Crippen LogP contribution is 2.33. The van der Waals surface area contributed by atoms with Crippen molar-refractivity contribution >= 4 is 17.2 Å². The minimum atomic E-state index is -0.137. The minimum absolute atomic E-state index is 0.0403. The Morgan fingerprint density at radius 3 is 2.73 bits per heavy atom. The van der Waals surface area contributed by atoms with Crippen molar-refractivity contribution < 1.29 is 14.3 Å². The first-order valence-corrected chi connectivity index (χ1v) is 8.66. The van der Waals surface area contributed by atoms with Gasteiger partial charge in [-0.1, -0.05) is 30.3 Å². The maximum atomic E-state index is 11.0. The molecule has 0 saturated carbocycles. The molecule has 0 bridgehead atoms. The van der Waals surface area contributed by atoms with Crippen LogP contribution in [0, 0.1) is 0 Å². The molecule has 3 aromatic rings. The van der Waals surface area contributed by atoms with E-state index in [1.165, 1.54) is 0 Å². The number of pyridine rings is 1. The molecule has 1 fully saturated rings. The summed E-state index contributed by atoms with van der Waals surface area (Å²) in [7, 11) is 1.64. The van der Waals surface area contributed by atoms with Crippen LogP contribution in [0.25, 0.3) is 22.2 Å². The quantitative estimate of drug-likeness (QED) is 0.718. The molecule has 2 heterocycles. The van der Waals surface area contributed by atoms with Crippen molar-refractivity contribution in [2.75, 3.05) is 13.7 Å². The van der Waals surface area contributed by atoms with E-state index in [1.807, 2.05) is 54.6 Å². The van der Waals surface area contributed by atoms with Crippen molar-refractivity contribution in [2.24, 2.45) is 0 Å². The topological polar surface area (TPSA) is 60.5 Å². The van der Waals surface area contributed by atoms with Crippen LogP contribution < -0.4 is 14.8 Å². The molecule has 5 nitrogen and oxygen atoms in total. The predicted octanol–water partition coefficient (Wildman–Crippen LogP) is 3.22. The Hall–Kier alpha value is -2.92. The fourth-order valence-corrected chi connectivity index (χ4v) is 3.26. The number of rotatable bonds is 5. The SMILES string of the molecule is COc1ccc2c(O[C@H]3CN[C@H](C=O)C3)cc(-c3ccccc3)nc2c1. The maximum Gasteiger partial charge on any atom is 0.137 e. The Bertz CT molecular complexity index is 927. The first kappa shape index (κ1) is 16.5. The van der Waals surface area contributed by atoms with Gasteiger partial charge in [0.15, 0.2) is 0 Å². The molecule has 1 aliphatic rings. The zero-order chi connectivity index (χ0) is 17.9. The Balaban J connectivity index is 1.77. The Kier molecular flexibility index (Phi) is 4.54. The summed E-state index contributed by atoms with van der Waals surface area (Å²) in [4.78, 5) is 15.8. The molecular formula is C21H20N2O3. The second-order valence-corrected chi connectivity index (χ2v) is 6.38. The summed E-state index contributed by atoms with van der Waals surface area (Å²) in [6.45, 7) is 0.657. The van der Waals surface area contributed by atoms with E-state index in [4.69, 9.17) is 14.5 Å². The highest BCUT2D eigenvalue weighted by atomic mass is 16.5. The molecule has 0 unspecified atom stereocenters. The van der Waals surface area contributed by atoms with Gasteiger partial charge in [0.2, 0.25) is 0 Å². The molecule has 1 aliphatic heterocycles. The first-order valence-electron chi connectivity index (χ1n) is 8.66. The molecule has 4 rings (SSSR count). The van der Waals surface area contributed by atoms with Crippen LogP contribution in [0.1, 0.15) is 6.42 Å². The van der Waals surface area contributed by atoms with Crippen molar-refractivity contribution in [3.63, 3.8) is 0 Å². The second kappa shape index (κ2) is 7.14. The van der Waals surface area contributed by atoms with Crippen LogP contribution in [0.3, 0.4) is 0 Å². The fourth-order valence-electron chi connectivity index (χ4n) is 3.26. The lowest BCUT2D eigenvalue weighted by Crippen LogP contribution is -2.23. The van der Waals surface area contributed by atoms with Crippen molar-refractivity contribution in [3.8, 4) is 22.8 Å². The van der Waals surface area contributed by atoms with Crippen LogP contribution in [0.15, 0.2) is 54.6 Å². The van der Waals surface area contributed by atoms with E-state index < -0.39 is 0 Å². The predicted molar refractivity (Wildman–Crippen MR) is 101 cm³/mol. The molecule has 26 heavy (non-hydrogen) atoms. The van der Waals surface area contributed by atoms with Crippen LogP contribution in [0.4, 0.5) is 0 Å². The van der Waals surface area contributed by atoms with Crippen LogP contribution >= 0.6 is 0 Å². The standard InChI is InChI=1S/C21H20N2O3/c1-25-16-7-8-18-20(10-16)23-19(14-5-3-2-4-6-14)11-21(18)26-17-9-15(13-24)22-12-17/h2-8,10-11,13,15,17,22H,9,12H2,1H3/t15-,17+/m0/s1. The number of carbonyl (C=O) groups excluding carboxylic acids is 1. The lowest BCUT2D eigenvalue weighted by atomic mass is 10.1. The third-order valence-electron chi connectivity index (χ3n) is 4.63. The number of aromatic nitrogens is 1. The molecular weight excluding hydrogens is 328 g/mol. The van der Waals surface area contributed by atoms with E-state index in [0.29, 0.717) is 13.0 Å². The van der Waals surface area contributed by atoms with Gasteiger partial charge in [-0.3, -0.25) is 0 Å². The number of ether oxygens (including phenoxy) is 2. The third-order valence-corrected chi connectivity index (χ3v) is 4.63. The fraction of sp³-hybridized carbons (Fsp3) is 0.238. The number of nitrogens with zero attached hydrogens (tertiary/aromatic N) is 1. The number of benzene rings is 2. The lowest BCUT2D eigenvalue weighted by Gasteiger charge is -2.16. The van der Waals surface area contributed by atoms with Gasteiger partial charge in [0, 0.05) is 36.0 Å². The monoisotopic (exact) mass is 348 g/mol. The van der Waals surface area contributed by atoms with Gasteiger partial charge in [0.1, 0.15) is 23.9 Å². The van der Waals surface area contributed by atoms with Gasteiger partial charge < -0.3 is 19.6 Å². The Morgan fingerprint density at radius 1 is 1.15 bits per heavy atom. The average molecular weight is 348 g/mol. The number of aldehydes is 1. The molecule has 132 valence electrons. The lowest BCUT2D eigenvalue weighted by molar-refractivity contribution is -0.109. The second-order valence-electron chi connectivity index (χ2n) is 6.38. The normalized spacial score (nSPS) is 19.4. The van der Waals surface area contributed by atoms with Gasteiger partial charge in [-0.05, 0) is 12.1 Å². The zero-order valence-corrected chi connectivity index (χ0v) is 14.5. The van der Waals surface area contributed by atoms with Crippen molar-refractivity contribution in [2.45, 2.75) is 18.6 Å². The first-order chi connectivity index (χ1) is 12.8. The molecule has 0 aliphatic carbocycles. The minimum Gasteiger partial charge on any atom is -0.497 e. The van der Waals surface area contributed by atoms with Gasteiger partial charge in [-0.15, -0.1) is 0 Å². The highest BCUT2D eigenvalue weighted by molar-refractivity contribution is 5.89. The van der Waals surface area contributed by atoms with Gasteiger partial charge in [-0.2, -0.15) is 0 Å². The maximum absolute atomic E-state index is 11.0. The van der Waals surface area contributed by atoms with Gasteiger partial charge in [0.05, 0.1) is 24.4 Å². The highest BCUT2D eigenvalue weighted by Gasteiger charge is 2.25. The van der Waals surface area contributed by atoms with E-state index in [2.05, 4.69) is 5.32 Å². The molecule has 1 N–H and O–H groups in total. The number of carbonyl (C=O) groups is 1. The smallest absolute Gasteiger partial charge is 0.137 e. The Labute approximate surface area is 152 Å². The number of nitrogens with one attached hydrogen (secondary N) is 1. The molecule has 1 aromatic heterocycles. The van der Waals surface area contributed by atoms with E-state index in [0.717, 1.165) is 39.9 Å². The number of fused-ring (bicyclic) bond motifs is 1. The van der Waals surface area contributed by atoms with E-state index in [9.17, 15) is 4.79 Å². The van der Waals surface area contributed by atoms with Crippen molar-refractivity contribution in [1.82, 2.24) is 10.3 Å². The number of methoxy groups -OCH3 is 1. The summed E-state index contributed by atoms with van der Waals surface area (Å²) >= 11 is 0. The molecule has 1 saturated heterocycles. The van der Waals surface area contributed by atoms with Crippen LogP contribution in [0.5, 0.6) is 11.5 Å². The van der Waals surface area contributed by atoms with Crippen LogP contribution in [-0.2, 0) is 4.79 Å². The number of hydrogen-bond acceptors (Lipinski definition) is 5. The summed E-state index contributed by atoms with van der Waals surface area (Å²) in [5.41, 5.74) is 2.69. The average Bonchev–Trinajstić information content (AvgIpc) is 3.15. The molecule has 0 amide bonds. The zero-order valence-electron chi connectivity index (χ0n) is 14.5.